The molecular weight excluding hydrogens is 189 g/mol. The lowest BCUT2D eigenvalue weighted by Gasteiger charge is -2.12. The molecular formula is C13H18FN. The van der Waals surface area contributed by atoms with Crippen LogP contribution in [0.2, 0.25) is 0 Å². The fourth-order valence-corrected chi connectivity index (χ4v) is 1.81. The van der Waals surface area contributed by atoms with Gasteiger partial charge in [-0.15, -0.1) is 0 Å². The van der Waals surface area contributed by atoms with E-state index < -0.39 is 0 Å². The Hall–Kier alpha value is -0.890. The molecule has 1 saturated carbocycles. The Morgan fingerprint density at radius 2 is 2.07 bits per heavy atom. The third-order valence-corrected chi connectivity index (χ3v) is 3.17. The molecule has 0 aromatic heterocycles. The Balaban J connectivity index is 2.24. The van der Waals surface area contributed by atoms with E-state index in [1.54, 1.807) is 6.07 Å². The Labute approximate surface area is 90.5 Å². The van der Waals surface area contributed by atoms with Gasteiger partial charge in [-0.25, -0.2) is 4.39 Å². The lowest BCUT2D eigenvalue weighted by molar-refractivity contribution is 0.580. The quantitative estimate of drug-likeness (QED) is 0.810. The molecule has 0 atom stereocenters. The van der Waals surface area contributed by atoms with E-state index in [4.69, 9.17) is 5.73 Å². The largest absolute Gasteiger partial charge is 0.325 e. The number of benzene rings is 1. The molecule has 0 amide bonds. The smallest absolute Gasteiger partial charge is 0.126 e. The molecule has 1 aliphatic rings. The lowest BCUT2D eigenvalue weighted by atomic mass is 9.97. The van der Waals surface area contributed by atoms with Crippen molar-refractivity contribution in [2.45, 2.75) is 44.6 Å². The molecule has 1 aromatic rings. The molecule has 0 spiro atoms. The van der Waals surface area contributed by atoms with Gasteiger partial charge in [0, 0.05) is 5.54 Å². The minimum absolute atomic E-state index is 0.115. The topological polar surface area (TPSA) is 26.0 Å². The monoisotopic (exact) mass is 207 g/mol. The summed E-state index contributed by atoms with van der Waals surface area (Å²) >= 11 is 0. The highest BCUT2D eigenvalue weighted by Crippen LogP contribution is 2.36. The minimum atomic E-state index is -0.115. The molecule has 0 heterocycles. The fraction of sp³-hybridized carbons (Fsp3) is 0.538. The Kier molecular flexibility index (Phi) is 2.55. The summed E-state index contributed by atoms with van der Waals surface area (Å²) in [5.41, 5.74) is 7.86. The zero-order chi connectivity index (χ0) is 11.1. The van der Waals surface area contributed by atoms with Gasteiger partial charge in [0.15, 0.2) is 0 Å². The molecule has 1 nitrogen and oxygen atoms in total. The third kappa shape index (κ3) is 2.37. The van der Waals surface area contributed by atoms with E-state index in [1.807, 2.05) is 12.1 Å². The maximum Gasteiger partial charge on any atom is 0.126 e. The molecule has 0 bridgehead atoms. The summed E-state index contributed by atoms with van der Waals surface area (Å²) in [6.07, 6.45) is 2.73. The zero-order valence-electron chi connectivity index (χ0n) is 9.39. The number of nitrogens with two attached hydrogens (primary N) is 1. The molecule has 2 N–H and O–H groups in total. The first-order valence-corrected chi connectivity index (χ1v) is 5.57. The van der Waals surface area contributed by atoms with Crippen LogP contribution in [0.3, 0.4) is 0 Å². The lowest BCUT2D eigenvalue weighted by Crippen LogP contribution is -2.25. The third-order valence-electron chi connectivity index (χ3n) is 3.17. The van der Waals surface area contributed by atoms with Gasteiger partial charge in [-0.2, -0.15) is 0 Å². The van der Waals surface area contributed by atoms with Crippen molar-refractivity contribution in [2.24, 2.45) is 5.73 Å². The Morgan fingerprint density at radius 3 is 2.60 bits per heavy atom. The molecule has 15 heavy (non-hydrogen) atoms. The number of rotatable bonds is 3. The average Bonchev–Trinajstić information content (AvgIpc) is 2.87. The fourth-order valence-electron chi connectivity index (χ4n) is 1.81. The summed E-state index contributed by atoms with van der Waals surface area (Å²) in [6, 6.07) is 5.39. The van der Waals surface area contributed by atoms with Crippen LogP contribution in [-0.4, -0.2) is 5.54 Å². The first-order valence-electron chi connectivity index (χ1n) is 5.57. The van der Waals surface area contributed by atoms with Crippen molar-refractivity contribution in [1.29, 1.82) is 0 Å². The maximum atomic E-state index is 13.5. The van der Waals surface area contributed by atoms with E-state index in [9.17, 15) is 4.39 Å². The Bertz CT molecular complexity index is 367. The van der Waals surface area contributed by atoms with Crippen molar-refractivity contribution in [3.8, 4) is 0 Å². The van der Waals surface area contributed by atoms with E-state index in [1.165, 1.54) is 5.56 Å². The molecule has 1 aromatic carbocycles. The molecule has 82 valence electrons. The van der Waals surface area contributed by atoms with Crippen LogP contribution in [0.4, 0.5) is 4.39 Å². The first kappa shape index (κ1) is 10.6. The highest BCUT2D eigenvalue weighted by atomic mass is 19.1. The van der Waals surface area contributed by atoms with Crippen LogP contribution < -0.4 is 5.73 Å². The highest BCUT2D eigenvalue weighted by molar-refractivity contribution is 5.29. The highest BCUT2D eigenvalue weighted by Gasteiger charge is 2.38. The normalized spacial score (nSPS) is 18.2. The van der Waals surface area contributed by atoms with Gasteiger partial charge in [0.25, 0.3) is 0 Å². The van der Waals surface area contributed by atoms with Crippen LogP contribution in [0, 0.1) is 5.82 Å². The van der Waals surface area contributed by atoms with Gasteiger partial charge in [0.1, 0.15) is 5.82 Å². The summed E-state index contributed by atoms with van der Waals surface area (Å²) in [4.78, 5) is 0. The van der Waals surface area contributed by atoms with Crippen molar-refractivity contribution in [2.75, 3.05) is 0 Å². The van der Waals surface area contributed by atoms with Crippen molar-refractivity contribution in [3.05, 3.63) is 35.1 Å². The summed E-state index contributed by atoms with van der Waals surface area (Å²) in [5.74, 6) is 0.327. The molecule has 0 radical (unpaired) electrons. The molecule has 1 fully saturated rings. The van der Waals surface area contributed by atoms with Gasteiger partial charge in [0.2, 0.25) is 0 Å². The van der Waals surface area contributed by atoms with Gasteiger partial charge >= 0.3 is 0 Å². The average molecular weight is 207 g/mol. The van der Waals surface area contributed by atoms with Crippen molar-refractivity contribution >= 4 is 0 Å². The predicted molar refractivity (Wildman–Crippen MR) is 60.3 cm³/mol. The number of hydrogen-bond acceptors (Lipinski definition) is 1. The minimum Gasteiger partial charge on any atom is -0.325 e. The molecule has 2 rings (SSSR count). The van der Waals surface area contributed by atoms with E-state index in [-0.39, 0.29) is 11.4 Å². The van der Waals surface area contributed by atoms with E-state index in [2.05, 4.69) is 13.8 Å². The van der Waals surface area contributed by atoms with Gasteiger partial charge in [-0.3, -0.25) is 0 Å². The van der Waals surface area contributed by atoms with Gasteiger partial charge in [-0.05, 0) is 42.4 Å². The van der Waals surface area contributed by atoms with E-state index in [0.29, 0.717) is 12.3 Å². The standard InChI is InChI=1S/C13H18FN/c1-9(2)10-3-4-12(14)11(7-10)8-13(15)5-6-13/h3-4,7,9H,5-6,8,15H2,1-2H3. The van der Waals surface area contributed by atoms with Gasteiger partial charge in [0.05, 0.1) is 0 Å². The van der Waals surface area contributed by atoms with Crippen LogP contribution in [0.25, 0.3) is 0 Å². The van der Waals surface area contributed by atoms with Crippen molar-refractivity contribution < 1.29 is 4.39 Å². The summed E-state index contributed by atoms with van der Waals surface area (Å²) in [5, 5.41) is 0. The summed E-state index contributed by atoms with van der Waals surface area (Å²) in [7, 11) is 0. The summed E-state index contributed by atoms with van der Waals surface area (Å²) < 4.78 is 13.5. The summed E-state index contributed by atoms with van der Waals surface area (Å²) in [6.45, 7) is 4.23. The number of hydrogen-bond donors (Lipinski definition) is 1. The molecule has 0 aliphatic heterocycles. The van der Waals surface area contributed by atoms with Crippen molar-refractivity contribution in [3.63, 3.8) is 0 Å². The SMILES string of the molecule is CC(C)c1ccc(F)c(CC2(N)CC2)c1. The second kappa shape index (κ2) is 3.60. The van der Waals surface area contributed by atoms with Gasteiger partial charge < -0.3 is 5.73 Å². The van der Waals surface area contributed by atoms with Crippen LogP contribution >= 0.6 is 0 Å². The molecule has 0 unspecified atom stereocenters. The Morgan fingerprint density at radius 1 is 1.40 bits per heavy atom. The molecule has 0 saturated heterocycles. The van der Waals surface area contributed by atoms with Crippen LogP contribution in [0.5, 0.6) is 0 Å². The van der Waals surface area contributed by atoms with Crippen molar-refractivity contribution in [1.82, 2.24) is 0 Å². The second-order valence-electron chi connectivity index (χ2n) is 5.04. The first-order chi connectivity index (χ1) is 7.00. The zero-order valence-corrected chi connectivity index (χ0v) is 9.39. The predicted octanol–water partition coefficient (Wildman–Crippen LogP) is 2.98. The second-order valence-corrected chi connectivity index (χ2v) is 5.04. The van der Waals surface area contributed by atoms with Crippen LogP contribution in [0.15, 0.2) is 18.2 Å². The van der Waals surface area contributed by atoms with Gasteiger partial charge in [-0.1, -0.05) is 26.0 Å². The van der Waals surface area contributed by atoms with Crippen LogP contribution in [0.1, 0.15) is 43.7 Å². The van der Waals surface area contributed by atoms with Crippen LogP contribution in [-0.2, 0) is 6.42 Å². The maximum absolute atomic E-state index is 13.5. The van der Waals surface area contributed by atoms with E-state index in [0.717, 1.165) is 18.4 Å². The molecule has 1 aliphatic carbocycles. The molecule has 2 heteroatoms. The number of halogens is 1. The van der Waals surface area contributed by atoms with E-state index >= 15 is 0 Å².